The van der Waals surface area contributed by atoms with Crippen LogP contribution in [0.1, 0.15) is 50.5 Å². The Morgan fingerprint density at radius 3 is 2.77 bits per heavy atom. The number of hydrogen-bond donors (Lipinski definition) is 2. The van der Waals surface area contributed by atoms with Crippen LogP contribution in [-0.2, 0) is 11.3 Å². The molecule has 2 saturated carbocycles. The monoisotopic (exact) mass is 304 g/mol. The summed E-state index contributed by atoms with van der Waals surface area (Å²) < 4.78 is 5.58. The molecule has 0 bridgehead atoms. The van der Waals surface area contributed by atoms with E-state index >= 15 is 0 Å². The van der Waals surface area contributed by atoms with Gasteiger partial charge in [-0.05, 0) is 37.2 Å². The second-order valence-electron chi connectivity index (χ2n) is 6.64. The average Bonchev–Trinajstić information content (AvgIpc) is 3.25. The summed E-state index contributed by atoms with van der Waals surface area (Å²) in [7, 11) is 0. The van der Waals surface area contributed by atoms with Gasteiger partial charge >= 0.3 is 0 Å². The van der Waals surface area contributed by atoms with Crippen LogP contribution in [0.5, 0.6) is 5.88 Å². The predicted octanol–water partition coefficient (Wildman–Crippen LogP) is 2.18. The lowest BCUT2D eigenvalue weighted by atomic mass is 9.98. The molecule has 2 N–H and O–H groups in total. The minimum atomic E-state index is -0.789. The van der Waals surface area contributed by atoms with Crippen molar-refractivity contribution >= 4 is 5.91 Å². The first-order valence-corrected chi connectivity index (χ1v) is 8.20. The van der Waals surface area contributed by atoms with Crippen LogP contribution in [0.4, 0.5) is 0 Å². The zero-order chi connectivity index (χ0) is 15.4. The van der Waals surface area contributed by atoms with Gasteiger partial charge in [0.1, 0.15) is 0 Å². The summed E-state index contributed by atoms with van der Waals surface area (Å²) in [5.41, 5.74) is 0.147. The Bertz CT molecular complexity index is 505. The molecule has 1 aromatic heterocycles. The maximum atomic E-state index is 11.9. The van der Waals surface area contributed by atoms with E-state index in [2.05, 4.69) is 10.3 Å². The van der Waals surface area contributed by atoms with Crippen molar-refractivity contribution in [2.24, 2.45) is 5.92 Å². The van der Waals surface area contributed by atoms with E-state index in [-0.39, 0.29) is 12.3 Å². The highest BCUT2D eigenvalue weighted by Crippen LogP contribution is 2.32. The van der Waals surface area contributed by atoms with Gasteiger partial charge < -0.3 is 15.2 Å². The Balaban J connectivity index is 1.41. The zero-order valence-electron chi connectivity index (χ0n) is 12.9. The molecule has 0 aliphatic heterocycles. The van der Waals surface area contributed by atoms with Gasteiger partial charge in [-0.1, -0.05) is 18.9 Å². The minimum absolute atomic E-state index is 0.0986. The predicted molar refractivity (Wildman–Crippen MR) is 82.3 cm³/mol. The summed E-state index contributed by atoms with van der Waals surface area (Å²) in [5.74, 6) is 1.25. The normalized spacial score (nSPS) is 19.9. The Morgan fingerprint density at radius 2 is 2.14 bits per heavy atom. The van der Waals surface area contributed by atoms with Gasteiger partial charge in [0.05, 0.1) is 18.6 Å². The van der Waals surface area contributed by atoms with E-state index in [1.54, 1.807) is 6.20 Å². The lowest BCUT2D eigenvalue weighted by Gasteiger charge is -2.21. The fourth-order valence-corrected chi connectivity index (χ4v) is 2.86. The summed E-state index contributed by atoms with van der Waals surface area (Å²) in [5, 5.41) is 13.1. The third-order valence-electron chi connectivity index (χ3n) is 4.48. The average molecular weight is 304 g/mol. The number of carbonyl (C=O) groups excluding carboxylic acids is 1. The summed E-state index contributed by atoms with van der Waals surface area (Å²) >= 11 is 0. The topological polar surface area (TPSA) is 71.5 Å². The van der Waals surface area contributed by atoms with Crippen LogP contribution in [-0.4, -0.2) is 28.2 Å². The Morgan fingerprint density at radius 1 is 1.36 bits per heavy atom. The molecule has 0 atom stereocenters. The zero-order valence-corrected chi connectivity index (χ0v) is 12.9. The number of aliphatic hydroxyl groups is 1. The van der Waals surface area contributed by atoms with E-state index in [1.165, 1.54) is 12.8 Å². The number of aromatic nitrogens is 1. The van der Waals surface area contributed by atoms with Crippen molar-refractivity contribution in [2.45, 2.75) is 57.1 Å². The molecule has 0 radical (unpaired) electrons. The molecule has 5 heteroatoms. The van der Waals surface area contributed by atoms with Crippen molar-refractivity contribution in [3.8, 4) is 5.88 Å². The van der Waals surface area contributed by atoms with Crippen molar-refractivity contribution in [1.29, 1.82) is 0 Å². The summed E-state index contributed by atoms with van der Waals surface area (Å²) in [6.45, 7) is 1.19. The van der Waals surface area contributed by atoms with Crippen molar-refractivity contribution in [3.63, 3.8) is 0 Å². The van der Waals surface area contributed by atoms with E-state index in [0.717, 1.165) is 37.9 Å². The molecular weight excluding hydrogens is 280 g/mol. The molecule has 2 aliphatic rings. The van der Waals surface area contributed by atoms with E-state index in [9.17, 15) is 9.90 Å². The quantitative estimate of drug-likeness (QED) is 0.810. The SMILES string of the molecule is O=C(CC1(O)CCCC1)NCc1ccc(OCC2CC2)nc1. The second kappa shape index (κ2) is 6.65. The number of rotatable bonds is 7. The Hall–Kier alpha value is -1.62. The molecule has 3 rings (SSSR count). The second-order valence-corrected chi connectivity index (χ2v) is 6.64. The van der Waals surface area contributed by atoms with Crippen LogP contribution in [0.25, 0.3) is 0 Å². The van der Waals surface area contributed by atoms with E-state index in [0.29, 0.717) is 18.3 Å². The van der Waals surface area contributed by atoms with E-state index in [1.807, 2.05) is 12.1 Å². The Labute approximate surface area is 131 Å². The van der Waals surface area contributed by atoms with Crippen molar-refractivity contribution < 1.29 is 14.6 Å². The van der Waals surface area contributed by atoms with Crippen LogP contribution in [0.15, 0.2) is 18.3 Å². The molecule has 0 saturated heterocycles. The molecule has 1 heterocycles. The van der Waals surface area contributed by atoms with Gasteiger partial charge in [-0.15, -0.1) is 0 Å². The van der Waals surface area contributed by atoms with Gasteiger partial charge in [-0.2, -0.15) is 0 Å². The van der Waals surface area contributed by atoms with Crippen LogP contribution < -0.4 is 10.1 Å². The number of ether oxygens (including phenoxy) is 1. The third kappa shape index (κ3) is 4.44. The molecule has 1 aromatic rings. The molecular formula is C17H24N2O3. The summed E-state index contributed by atoms with van der Waals surface area (Å²) in [6.07, 6.45) is 7.93. The van der Waals surface area contributed by atoms with Crippen LogP contribution in [0.2, 0.25) is 0 Å². The maximum Gasteiger partial charge on any atom is 0.223 e. The largest absolute Gasteiger partial charge is 0.477 e. The fraction of sp³-hybridized carbons (Fsp3) is 0.647. The first-order chi connectivity index (χ1) is 10.6. The first-order valence-electron chi connectivity index (χ1n) is 8.20. The third-order valence-corrected chi connectivity index (χ3v) is 4.48. The van der Waals surface area contributed by atoms with Gasteiger partial charge in [-0.3, -0.25) is 4.79 Å². The highest BCUT2D eigenvalue weighted by molar-refractivity contribution is 5.77. The molecule has 1 amide bonds. The smallest absolute Gasteiger partial charge is 0.223 e. The van der Waals surface area contributed by atoms with Gasteiger partial charge in [0.2, 0.25) is 11.8 Å². The van der Waals surface area contributed by atoms with Crippen LogP contribution in [0, 0.1) is 5.92 Å². The first kappa shape index (κ1) is 15.3. The fourth-order valence-electron chi connectivity index (χ4n) is 2.86. The highest BCUT2D eigenvalue weighted by Gasteiger charge is 2.33. The molecule has 22 heavy (non-hydrogen) atoms. The molecule has 2 aliphatic carbocycles. The van der Waals surface area contributed by atoms with Crippen LogP contribution >= 0.6 is 0 Å². The Kier molecular flexibility index (Phi) is 4.62. The van der Waals surface area contributed by atoms with E-state index in [4.69, 9.17) is 4.74 Å². The standard InChI is InChI=1S/C17H24N2O3/c20-15(9-17(21)7-1-2-8-17)18-10-14-5-6-16(19-11-14)22-12-13-3-4-13/h5-6,11,13,21H,1-4,7-10,12H2,(H,18,20). The van der Waals surface area contributed by atoms with Gasteiger partial charge in [0, 0.05) is 18.8 Å². The number of pyridine rings is 1. The minimum Gasteiger partial charge on any atom is -0.477 e. The number of nitrogens with one attached hydrogen (secondary N) is 1. The number of carbonyl (C=O) groups is 1. The number of hydrogen-bond acceptors (Lipinski definition) is 4. The number of nitrogens with zero attached hydrogens (tertiary/aromatic N) is 1. The highest BCUT2D eigenvalue weighted by atomic mass is 16.5. The molecule has 120 valence electrons. The van der Waals surface area contributed by atoms with Crippen molar-refractivity contribution in [2.75, 3.05) is 6.61 Å². The summed E-state index contributed by atoms with van der Waals surface area (Å²) in [6, 6.07) is 3.76. The number of amides is 1. The van der Waals surface area contributed by atoms with Crippen molar-refractivity contribution in [1.82, 2.24) is 10.3 Å². The van der Waals surface area contributed by atoms with Gasteiger partial charge in [0.15, 0.2) is 0 Å². The lowest BCUT2D eigenvalue weighted by molar-refractivity contribution is -0.126. The molecule has 0 aromatic carbocycles. The van der Waals surface area contributed by atoms with Gasteiger partial charge in [0.25, 0.3) is 0 Å². The molecule has 2 fully saturated rings. The van der Waals surface area contributed by atoms with Crippen molar-refractivity contribution in [3.05, 3.63) is 23.9 Å². The molecule has 0 spiro atoms. The molecule has 0 unspecified atom stereocenters. The lowest BCUT2D eigenvalue weighted by Crippen LogP contribution is -2.34. The molecule has 5 nitrogen and oxygen atoms in total. The van der Waals surface area contributed by atoms with Crippen LogP contribution in [0.3, 0.4) is 0 Å². The van der Waals surface area contributed by atoms with Gasteiger partial charge in [-0.25, -0.2) is 4.98 Å². The maximum absolute atomic E-state index is 11.9. The van der Waals surface area contributed by atoms with E-state index < -0.39 is 5.60 Å². The summed E-state index contributed by atoms with van der Waals surface area (Å²) in [4.78, 5) is 16.2.